The number of aryl methyl sites for hydroxylation is 2. The van der Waals surface area contributed by atoms with Gasteiger partial charge in [-0.15, -0.1) is 10.2 Å². The fourth-order valence-corrected chi connectivity index (χ4v) is 6.40. The Morgan fingerprint density at radius 2 is 1.74 bits per heavy atom. The van der Waals surface area contributed by atoms with Crippen LogP contribution in [0.4, 0.5) is 8.78 Å². The monoisotopic (exact) mass is 553 g/mol. The molecule has 0 atom stereocenters. The first-order valence-corrected chi connectivity index (χ1v) is 14.1. The molecular formula is C29H33F2N5O2S. The highest BCUT2D eigenvalue weighted by Gasteiger charge is 2.47. The summed E-state index contributed by atoms with van der Waals surface area (Å²) in [6.07, 6.45) is 3.20. The highest BCUT2D eigenvalue weighted by atomic mass is 32.1. The maximum Gasteiger partial charge on any atom is 0.194 e. The third-order valence-corrected chi connectivity index (χ3v) is 8.49. The predicted octanol–water partition coefficient (Wildman–Crippen LogP) is 5.50. The van der Waals surface area contributed by atoms with Crippen molar-refractivity contribution in [3.05, 3.63) is 58.1 Å². The highest BCUT2D eigenvalue weighted by Crippen LogP contribution is 2.43. The van der Waals surface area contributed by atoms with E-state index in [4.69, 9.17) is 0 Å². The van der Waals surface area contributed by atoms with E-state index < -0.39 is 22.5 Å². The lowest BCUT2D eigenvalue weighted by Gasteiger charge is -2.50. The van der Waals surface area contributed by atoms with Gasteiger partial charge in [0.1, 0.15) is 23.2 Å². The van der Waals surface area contributed by atoms with Crippen LogP contribution in [0.15, 0.2) is 24.3 Å². The van der Waals surface area contributed by atoms with Gasteiger partial charge in [-0.2, -0.15) is 0 Å². The molecule has 1 saturated heterocycles. The highest BCUT2D eigenvalue weighted by molar-refractivity contribution is 7.16. The van der Waals surface area contributed by atoms with Gasteiger partial charge < -0.3 is 4.90 Å². The van der Waals surface area contributed by atoms with Crippen molar-refractivity contribution in [3.63, 3.8) is 0 Å². The number of benzene rings is 1. The van der Waals surface area contributed by atoms with E-state index in [-0.39, 0.29) is 46.4 Å². The molecule has 1 aliphatic heterocycles. The number of Topliss-reactive ketones (excluding diaryl/α,β-unsaturated/α-hetero) is 2. The van der Waals surface area contributed by atoms with Crippen LogP contribution in [0.3, 0.4) is 0 Å². The number of likely N-dealkylation sites (tertiary alicyclic amines) is 1. The van der Waals surface area contributed by atoms with Gasteiger partial charge in [0, 0.05) is 72.7 Å². The van der Waals surface area contributed by atoms with Crippen LogP contribution in [0.1, 0.15) is 73.0 Å². The zero-order valence-electron chi connectivity index (χ0n) is 22.8. The van der Waals surface area contributed by atoms with Gasteiger partial charge in [0.15, 0.2) is 15.8 Å². The van der Waals surface area contributed by atoms with E-state index in [0.717, 1.165) is 41.4 Å². The summed E-state index contributed by atoms with van der Waals surface area (Å²) < 4.78 is 27.6. The van der Waals surface area contributed by atoms with E-state index in [1.54, 1.807) is 0 Å². The standard InChI is InChI=1S/C29H33F2N5O2S/c1-17-9-18(2)33-27(32-17)28(3,4)11-21(37)12-29(15-36(16-29)14-19-5-6-19)13-24(38)26-35-34-25(39-26)22-8-7-20(30)10-23(22)31/h7-10,19H,5-6,11-16H2,1-4H3. The zero-order valence-corrected chi connectivity index (χ0v) is 23.6. The first kappa shape index (κ1) is 27.6. The Morgan fingerprint density at radius 1 is 1.05 bits per heavy atom. The topological polar surface area (TPSA) is 88.9 Å². The van der Waals surface area contributed by atoms with E-state index in [1.807, 2.05) is 33.8 Å². The second-order valence-corrected chi connectivity index (χ2v) is 13.0. The Bertz CT molecular complexity index is 1390. The number of carbonyl (C=O) groups excluding carboxylic acids is 2. The second kappa shape index (κ2) is 10.5. The first-order valence-electron chi connectivity index (χ1n) is 13.3. The van der Waals surface area contributed by atoms with Crippen molar-refractivity contribution in [3.8, 4) is 10.6 Å². The Kier molecular flexibility index (Phi) is 7.45. The van der Waals surface area contributed by atoms with E-state index >= 15 is 0 Å². The molecule has 3 heterocycles. The average molecular weight is 554 g/mol. The Hall–Kier alpha value is -2.98. The molecule has 0 spiro atoms. The van der Waals surface area contributed by atoms with Crippen LogP contribution < -0.4 is 0 Å². The molecule has 5 rings (SSSR count). The van der Waals surface area contributed by atoms with Crippen molar-refractivity contribution in [2.24, 2.45) is 11.3 Å². The second-order valence-electron chi connectivity index (χ2n) is 12.0. The molecule has 7 nitrogen and oxygen atoms in total. The zero-order chi connectivity index (χ0) is 27.9. The fourth-order valence-electron chi connectivity index (χ4n) is 5.59. The predicted molar refractivity (Wildman–Crippen MR) is 145 cm³/mol. The molecule has 39 heavy (non-hydrogen) atoms. The summed E-state index contributed by atoms with van der Waals surface area (Å²) in [5.41, 5.74) is 0.825. The Labute approximate surface area is 231 Å². The number of hydrogen-bond donors (Lipinski definition) is 0. The molecule has 3 aromatic rings. The number of ketones is 2. The Balaban J connectivity index is 1.30. The van der Waals surface area contributed by atoms with Crippen LogP contribution in [-0.2, 0) is 10.2 Å². The van der Waals surface area contributed by atoms with Gasteiger partial charge in [-0.3, -0.25) is 9.59 Å². The minimum Gasteiger partial charge on any atom is -0.302 e. The van der Waals surface area contributed by atoms with E-state index in [0.29, 0.717) is 24.8 Å². The number of aromatic nitrogens is 4. The molecule has 1 aromatic carbocycles. The van der Waals surface area contributed by atoms with Crippen molar-refractivity contribution in [1.29, 1.82) is 0 Å². The molecule has 2 aromatic heterocycles. The molecule has 2 fully saturated rings. The summed E-state index contributed by atoms with van der Waals surface area (Å²) in [5, 5.41) is 8.39. The van der Waals surface area contributed by atoms with Crippen LogP contribution >= 0.6 is 11.3 Å². The molecule has 206 valence electrons. The lowest BCUT2D eigenvalue weighted by atomic mass is 9.70. The van der Waals surface area contributed by atoms with Crippen LogP contribution in [0.25, 0.3) is 10.6 Å². The molecular weight excluding hydrogens is 520 g/mol. The van der Waals surface area contributed by atoms with E-state index in [9.17, 15) is 18.4 Å². The summed E-state index contributed by atoms with van der Waals surface area (Å²) in [6, 6.07) is 5.14. The maximum atomic E-state index is 14.2. The number of carbonyl (C=O) groups is 2. The summed E-state index contributed by atoms with van der Waals surface area (Å²) in [7, 11) is 0. The van der Waals surface area contributed by atoms with Gasteiger partial charge in [-0.05, 0) is 50.8 Å². The van der Waals surface area contributed by atoms with Crippen molar-refractivity contribution in [2.75, 3.05) is 19.6 Å². The molecule has 0 radical (unpaired) electrons. The van der Waals surface area contributed by atoms with Crippen molar-refractivity contribution in [1.82, 2.24) is 25.1 Å². The number of halogens is 2. The molecule has 0 bridgehead atoms. The number of hydrogen-bond acceptors (Lipinski definition) is 8. The maximum absolute atomic E-state index is 14.2. The minimum absolute atomic E-state index is 0.0768. The molecule has 0 unspecified atom stereocenters. The quantitative estimate of drug-likeness (QED) is 0.290. The van der Waals surface area contributed by atoms with Gasteiger partial charge in [-0.1, -0.05) is 25.2 Å². The summed E-state index contributed by atoms with van der Waals surface area (Å²) in [5.74, 6) is -0.206. The average Bonchev–Trinajstić information content (AvgIpc) is 3.49. The number of rotatable bonds is 11. The van der Waals surface area contributed by atoms with Crippen molar-refractivity contribution < 1.29 is 18.4 Å². The van der Waals surface area contributed by atoms with E-state index in [2.05, 4.69) is 25.1 Å². The molecule has 1 saturated carbocycles. The number of nitrogens with zero attached hydrogens (tertiary/aromatic N) is 5. The molecule has 10 heteroatoms. The van der Waals surface area contributed by atoms with Crippen LogP contribution in [-0.4, -0.2) is 56.3 Å². The van der Waals surface area contributed by atoms with Gasteiger partial charge in [0.05, 0.1) is 0 Å². The first-order chi connectivity index (χ1) is 18.4. The summed E-state index contributed by atoms with van der Waals surface area (Å²) in [6.45, 7) is 10.2. The van der Waals surface area contributed by atoms with Crippen molar-refractivity contribution in [2.45, 2.75) is 65.2 Å². The largest absolute Gasteiger partial charge is 0.302 e. The molecule has 0 N–H and O–H groups in total. The van der Waals surface area contributed by atoms with Crippen LogP contribution in [0.2, 0.25) is 0 Å². The molecule has 0 amide bonds. The summed E-state index contributed by atoms with van der Waals surface area (Å²) in [4.78, 5) is 38.3. The smallest absolute Gasteiger partial charge is 0.194 e. The SMILES string of the molecule is Cc1cc(C)nc(C(C)(C)CC(=O)CC2(CC(=O)c3nnc(-c4ccc(F)cc4F)s3)CN(CC3CC3)C2)n1. The van der Waals surface area contributed by atoms with Crippen LogP contribution in [0.5, 0.6) is 0 Å². The van der Waals surface area contributed by atoms with Gasteiger partial charge in [-0.25, -0.2) is 18.7 Å². The normalized spacial score (nSPS) is 17.2. The van der Waals surface area contributed by atoms with Crippen LogP contribution in [0, 0.1) is 36.8 Å². The van der Waals surface area contributed by atoms with Gasteiger partial charge >= 0.3 is 0 Å². The van der Waals surface area contributed by atoms with E-state index in [1.165, 1.54) is 18.9 Å². The molecule has 2 aliphatic rings. The van der Waals surface area contributed by atoms with Gasteiger partial charge in [0.25, 0.3) is 0 Å². The third kappa shape index (κ3) is 6.44. The van der Waals surface area contributed by atoms with Gasteiger partial charge in [0.2, 0.25) is 0 Å². The Morgan fingerprint density at radius 3 is 2.38 bits per heavy atom. The minimum atomic E-state index is -0.752. The molecule has 1 aliphatic carbocycles. The lowest BCUT2D eigenvalue weighted by molar-refractivity contribution is -0.126. The fraction of sp³-hybridized carbons (Fsp3) is 0.517. The third-order valence-electron chi connectivity index (χ3n) is 7.49. The lowest BCUT2D eigenvalue weighted by Crippen LogP contribution is -2.58. The van der Waals surface area contributed by atoms with Crippen molar-refractivity contribution >= 4 is 22.9 Å². The summed E-state index contributed by atoms with van der Waals surface area (Å²) >= 11 is 0.990.